The molecule has 0 radical (unpaired) electrons. The molecule has 2 amide bonds. The van der Waals surface area contributed by atoms with Crippen molar-refractivity contribution < 1.29 is 9.59 Å². The molecule has 0 saturated carbocycles. The second kappa shape index (κ2) is 10.1. The molecule has 0 spiro atoms. The SMILES string of the molecule is CC(NC(=O)c1ccccc1SCC(=O)N(C)C)c1ccc(-c2ccccc2)cc1. The number of rotatable bonds is 7. The van der Waals surface area contributed by atoms with E-state index < -0.39 is 0 Å². The number of carbonyl (C=O) groups excluding carboxylic acids is 2. The normalized spacial score (nSPS) is 11.6. The first-order valence-corrected chi connectivity index (χ1v) is 10.8. The summed E-state index contributed by atoms with van der Waals surface area (Å²) in [5.74, 6) is 0.172. The van der Waals surface area contributed by atoms with Crippen molar-refractivity contribution in [3.63, 3.8) is 0 Å². The van der Waals surface area contributed by atoms with Crippen LogP contribution >= 0.6 is 11.8 Å². The van der Waals surface area contributed by atoms with Crippen LogP contribution in [-0.4, -0.2) is 36.6 Å². The minimum Gasteiger partial charge on any atom is -0.348 e. The molecule has 0 bridgehead atoms. The zero-order valence-corrected chi connectivity index (χ0v) is 18.3. The van der Waals surface area contributed by atoms with Gasteiger partial charge in [0.05, 0.1) is 17.4 Å². The van der Waals surface area contributed by atoms with Gasteiger partial charge in [-0.2, -0.15) is 0 Å². The summed E-state index contributed by atoms with van der Waals surface area (Å²) in [5.41, 5.74) is 3.93. The highest BCUT2D eigenvalue weighted by atomic mass is 32.2. The van der Waals surface area contributed by atoms with Crippen molar-refractivity contribution >= 4 is 23.6 Å². The zero-order valence-electron chi connectivity index (χ0n) is 17.5. The smallest absolute Gasteiger partial charge is 0.252 e. The molecule has 5 heteroatoms. The third-order valence-corrected chi connectivity index (χ3v) is 5.91. The lowest BCUT2D eigenvalue weighted by molar-refractivity contribution is -0.125. The van der Waals surface area contributed by atoms with Gasteiger partial charge in [0.1, 0.15) is 0 Å². The van der Waals surface area contributed by atoms with Crippen molar-refractivity contribution in [3.05, 3.63) is 90.0 Å². The second-order valence-corrected chi connectivity index (χ2v) is 8.27. The molecular formula is C25H26N2O2S. The van der Waals surface area contributed by atoms with E-state index in [0.717, 1.165) is 16.0 Å². The second-order valence-electron chi connectivity index (χ2n) is 7.26. The van der Waals surface area contributed by atoms with Crippen LogP contribution in [0.15, 0.2) is 83.8 Å². The van der Waals surface area contributed by atoms with E-state index in [9.17, 15) is 9.59 Å². The van der Waals surface area contributed by atoms with E-state index in [4.69, 9.17) is 0 Å². The van der Waals surface area contributed by atoms with Crippen LogP contribution in [0.2, 0.25) is 0 Å². The van der Waals surface area contributed by atoms with Gasteiger partial charge >= 0.3 is 0 Å². The Kier molecular flexibility index (Phi) is 7.31. The van der Waals surface area contributed by atoms with Gasteiger partial charge in [0.25, 0.3) is 5.91 Å². The summed E-state index contributed by atoms with van der Waals surface area (Å²) in [4.78, 5) is 27.1. The third-order valence-electron chi connectivity index (χ3n) is 4.85. The molecule has 0 aromatic heterocycles. The van der Waals surface area contributed by atoms with Gasteiger partial charge in [0.15, 0.2) is 0 Å². The first-order valence-electron chi connectivity index (χ1n) is 9.84. The van der Waals surface area contributed by atoms with E-state index in [-0.39, 0.29) is 17.9 Å². The fourth-order valence-corrected chi connectivity index (χ4v) is 4.03. The number of hydrogen-bond acceptors (Lipinski definition) is 3. The molecule has 1 unspecified atom stereocenters. The van der Waals surface area contributed by atoms with Crippen LogP contribution in [0.3, 0.4) is 0 Å². The van der Waals surface area contributed by atoms with Crippen molar-refractivity contribution in [2.45, 2.75) is 17.9 Å². The Morgan fingerprint density at radius 1 is 0.867 bits per heavy atom. The van der Waals surface area contributed by atoms with Gasteiger partial charge in [0, 0.05) is 19.0 Å². The van der Waals surface area contributed by atoms with Crippen molar-refractivity contribution in [3.8, 4) is 11.1 Å². The molecule has 0 saturated heterocycles. The average Bonchev–Trinajstić information content (AvgIpc) is 2.78. The summed E-state index contributed by atoms with van der Waals surface area (Å²) in [6.45, 7) is 1.97. The minimum atomic E-state index is -0.143. The summed E-state index contributed by atoms with van der Waals surface area (Å²) in [6.07, 6.45) is 0. The lowest BCUT2D eigenvalue weighted by Crippen LogP contribution is -2.27. The van der Waals surface area contributed by atoms with Crippen LogP contribution in [0.25, 0.3) is 11.1 Å². The highest BCUT2D eigenvalue weighted by Crippen LogP contribution is 2.25. The summed E-state index contributed by atoms with van der Waals surface area (Å²) < 4.78 is 0. The number of hydrogen-bond donors (Lipinski definition) is 1. The molecule has 0 heterocycles. The Morgan fingerprint density at radius 3 is 2.13 bits per heavy atom. The van der Waals surface area contributed by atoms with Crippen LogP contribution in [0.5, 0.6) is 0 Å². The van der Waals surface area contributed by atoms with Gasteiger partial charge in [-0.3, -0.25) is 9.59 Å². The molecular weight excluding hydrogens is 392 g/mol. The van der Waals surface area contributed by atoms with E-state index in [0.29, 0.717) is 11.3 Å². The number of amides is 2. The summed E-state index contributed by atoms with van der Waals surface area (Å²) in [5, 5.41) is 3.07. The molecule has 0 aliphatic rings. The summed E-state index contributed by atoms with van der Waals surface area (Å²) >= 11 is 1.38. The van der Waals surface area contributed by atoms with E-state index in [2.05, 4.69) is 29.6 Å². The number of thioether (sulfide) groups is 1. The number of nitrogens with one attached hydrogen (secondary N) is 1. The highest BCUT2D eigenvalue weighted by molar-refractivity contribution is 8.00. The van der Waals surface area contributed by atoms with E-state index in [1.165, 1.54) is 17.3 Å². The molecule has 154 valence electrons. The number of nitrogens with zero attached hydrogens (tertiary/aromatic N) is 1. The predicted octanol–water partition coefficient (Wildman–Crippen LogP) is 5.02. The van der Waals surface area contributed by atoms with Crippen LogP contribution in [0, 0.1) is 0 Å². The molecule has 3 rings (SSSR count). The Bertz CT molecular complexity index is 1000. The Morgan fingerprint density at radius 2 is 1.47 bits per heavy atom. The quantitative estimate of drug-likeness (QED) is 0.548. The molecule has 4 nitrogen and oxygen atoms in total. The lowest BCUT2D eigenvalue weighted by Gasteiger charge is -2.17. The fourth-order valence-electron chi connectivity index (χ4n) is 3.00. The average molecular weight is 419 g/mol. The van der Waals surface area contributed by atoms with E-state index >= 15 is 0 Å². The van der Waals surface area contributed by atoms with Gasteiger partial charge in [-0.25, -0.2) is 0 Å². The fraction of sp³-hybridized carbons (Fsp3) is 0.200. The summed E-state index contributed by atoms with van der Waals surface area (Å²) in [7, 11) is 3.46. The van der Waals surface area contributed by atoms with Crippen molar-refractivity contribution in [1.82, 2.24) is 10.2 Å². The van der Waals surface area contributed by atoms with Gasteiger partial charge in [-0.1, -0.05) is 66.7 Å². The van der Waals surface area contributed by atoms with Gasteiger partial charge in [-0.05, 0) is 35.7 Å². The molecule has 30 heavy (non-hydrogen) atoms. The highest BCUT2D eigenvalue weighted by Gasteiger charge is 2.16. The Labute approximate surface area is 182 Å². The molecule has 0 aliphatic heterocycles. The maximum Gasteiger partial charge on any atom is 0.252 e. The van der Waals surface area contributed by atoms with Crippen LogP contribution in [-0.2, 0) is 4.79 Å². The molecule has 3 aromatic carbocycles. The van der Waals surface area contributed by atoms with Gasteiger partial charge in [0.2, 0.25) is 5.91 Å². The van der Waals surface area contributed by atoms with Crippen LogP contribution < -0.4 is 5.32 Å². The van der Waals surface area contributed by atoms with Crippen LogP contribution in [0.4, 0.5) is 0 Å². The lowest BCUT2D eigenvalue weighted by atomic mass is 10.0. The monoisotopic (exact) mass is 418 g/mol. The Hall–Kier alpha value is -3.05. The predicted molar refractivity (Wildman–Crippen MR) is 124 cm³/mol. The number of benzene rings is 3. The zero-order chi connectivity index (χ0) is 21.5. The van der Waals surface area contributed by atoms with Crippen molar-refractivity contribution in [2.24, 2.45) is 0 Å². The molecule has 0 fully saturated rings. The summed E-state index contributed by atoms with van der Waals surface area (Å²) in [6, 6.07) is 25.7. The van der Waals surface area contributed by atoms with Crippen molar-refractivity contribution in [2.75, 3.05) is 19.8 Å². The van der Waals surface area contributed by atoms with Gasteiger partial charge in [-0.15, -0.1) is 11.8 Å². The molecule has 0 aliphatic carbocycles. The largest absolute Gasteiger partial charge is 0.348 e. The standard InChI is InChI=1S/C25H26N2O2S/c1-18(19-13-15-21(16-14-19)20-9-5-4-6-10-20)26-25(29)22-11-7-8-12-23(22)30-17-24(28)27(2)3/h4-16,18H,17H2,1-3H3,(H,26,29). The maximum absolute atomic E-state index is 12.9. The first-order chi connectivity index (χ1) is 14.5. The van der Waals surface area contributed by atoms with E-state index in [1.54, 1.807) is 25.1 Å². The number of carbonyl (C=O) groups is 2. The minimum absolute atomic E-state index is 0.0158. The maximum atomic E-state index is 12.9. The van der Waals surface area contributed by atoms with Gasteiger partial charge < -0.3 is 10.2 Å². The first kappa shape index (κ1) is 21.7. The Balaban J connectivity index is 1.68. The van der Waals surface area contributed by atoms with E-state index in [1.807, 2.05) is 55.5 Å². The molecule has 1 atom stereocenters. The van der Waals surface area contributed by atoms with Crippen LogP contribution in [0.1, 0.15) is 28.9 Å². The van der Waals surface area contributed by atoms with Crippen molar-refractivity contribution in [1.29, 1.82) is 0 Å². The third kappa shape index (κ3) is 5.51. The molecule has 1 N–H and O–H groups in total. The molecule has 3 aromatic rings. The topological polar surface area (TPSA) is 49.4 Å².